The summed E-state index contributed by atoms with van der Waals surface area (Å²) in [7, 11) is 0. The topological polar surface area (TPSA) is 98.8 Å². The van der Waals surface area contributed by atoms with Crippen molar-refractivity contribution in [2.24, 2.45) is 10.9 Å². The maximum absolute atomic E-state index is 12.1. The lowest BCUT2D eigenvalue weighted by molar-refractivity contribution is -0.120. The Morgan fingerprint density at radius 2 is 2.00 bits per heavy atom. The molecule has 0 fully saturated rings. The number of hydrogen-bond acceptors (Lipinski definition) is 5. The smallest absolute Gasteiger partial charge is 0.265 e. The third-order valence-electron chi connectivity index (χ3n) is 4.28. The highest BCUT2D eigenvalue weighted by Crippen LogP contribution is 2.17. The fourth-order valence-electron chi connectivity index (χ4n) is 2.67. The van der Waals surface area contributed by atoms with E-state index in [-0.39, 0.29) is 18.3 Å². The Morgan fingerprint density at radius 3 is 2.80 bits per heavy atom. The first-order valence-electron chi connectivity index (χ1n) is 9.46. The van der Waals surface area contributed by atoms with Gasteiger partial charge in [0.15, 0.2) is 12.4 Å². The Morgan fingerprint density at radius 1 is 1.13 bits per heavy atom. The van der Waals surface area contributed by atoms with Crippen molar-refractivity contribution in [3.05, 3.63) is 89.2 Å². The quantitative estimate of drug-likeness (QED) is 0.340. The summed E-state index contributed by atoms with van der Waals surface area (Å²) < 4.78 is 5.76. The summed E-state index contributed by atoms with van der Waals surface area (Å²) >= 11 is 0. The van der Waals surface area contributed by atoms with Gasteiger partial charge in [-0.15, -0.1) is 0 Å². The van der Waals surface area contributed by atoms with Gasteiger partial charge in [-0.3, -0.25) is 9.78 Å². The lowest BCUT2D eigenvalue weighted by atomic mass is 10.1. The number of ether oxygens (including phenoxy) is 1. The van der Waals surface area contributed by atoms with Crippen LogP contribution in [0.3, 0.4) is 0 Å². The van der Waals surface area contributed by atoms with Crippen LogP contribution in [-0.4, -0.2) is 23.3 Å². The molecule has 7 nitrogen and oxygen atoms in total. The Labute approximate surface area is 175 Å². The Hall–Kier alpha value is -3.87. The zero-order valence-electron chi connectivity index (χ0n) is 17.0. The number of aromatic nitrogens is 1. The van der Waals surface area contributed by atoms with Gasteiger partial charge in [-0.1, -0.05) is 35.5 Å². The molecule has 0 unspecified atom stereocenters. The van der Waals surface area contributed by atoms with Crippen LogP contribution in [0.2, 0.25) is 0 Å². The number of anilines is 1. The van der Waals surface area contributed by atoms with E-state index < -0.39 is 0 Å². The molecule has 7 heteroatoms. The number of rotatable bonds is 8. The van der Waals surface area contributed by atoms with Crippen LogP contribution in [0.15, 0.2) is 72.1 Å². The molecule has 0 aliphatic heterocycles. The van der Waals surface area contributed by atoms with Crippen molar-refractivity contribution in [3.63, 3.8) is 0 Å². The number of nitrogens with two attached hydrogens (primary N) is 1. The Kier molecular flexibility index (Phi) is 7.00. The molecule has 0 aliphatic carbocycles. The van der Waals surface area contributed by atoms with Gasteiger partial charge in [-0.2, -0.15) is 0 Å². The van der Waals surface area contributed by atoms with Crippen LogP contribution in [0, 0.1) is 13.8 Å². The second-order valence-corrected chi connectivity index (χ2v) is 6.79. The minimum atomic E-state index is -0.311. The van der Waals surface area contributed by atoms with E-state index in [0.29, 0.717) is 17.9 Å². The molecule has 3 N–H and O–H groups in total. The van der Waals surface area contributed by atoms with Gasteiger partial charge in [0, 0.05) is 29.2 Å². The molecule has 1 heterocycles. The minimum absolute atomic E-state index is 0.154. The lowest BCUT2D eigenvalue weighted by Crippen LogP contribution is -2.20. The normalized spacial score (nSPS) is 11.1. The van der Waals surface area contributed by atoms with Gasteiger partial charge in [-0.25, -0.2) is 0 Å². The van der Waals surface area contributed by atoms with Gasteiger partial charge in [0.05, 0.1) is 0 Å². The zero-order chi connectivity index (χ0) is 21.3. The van der Waals surface area contributed by atoms with Crippen molar-refractivity contribution in [3.8, 4) is 5.75 Å². The molecule has 3 aromatic rings. The van der Waals surface area contributed by atoms with E-state index in [1.54, 1.807) is 24.5 Å². The average molecular weight is 404 g/mol. The summed E-state index contributed by atoms with van der Waals surface area (Å²) in [6.07, 6.45) is 3.46. The standard InChI is InChI=1S/C23H24N4O3/c1-16-8-9-17(2)21(11-16)26-22(28)15-30-27-23(24)19-6-3-7-20(12-19)29-14-18-5-4-10-25-13-18/h3-13H,14-15H2,1-2H3,(H2,24,27)(H,26,28). The van der Waals surface area contributed by atoms with Crippen molar-refractivity contribution in [2.75, 3.05) is 11.9 Å². The van der Waals surface area contributed by atoms with E-state index in [2.05, 4.69) is 15.5 Å². The third kappa shape index (κ3) is 6.07. The highest BCUT2D eigenvalue weighted by molar-refractivity contribution is 5.97. The molecule has 0 radical (unpaired) electrons. The van der Waals surface area contributed by atoms with Crippen LogP contribution in [0.1, 0.15) is 22.3 Å². The summed E-state index contributed by atoms with van der Waals surface area (Å²) in [5, 5.41) is 6.65. The fourth-order valence-corrected chi connectivity index (χ4v) is 2.67. The molecule has 30 heavy (non-hydrogen) atoms. The number of amidine groups is 1. The first-order chi connectivity index (χ1) is 14.5. The average Bonchev–Trinajstić information content (AvgIpc) is 2.76. The van der Waals surface area contributed by atoms with Crippen LogP contribution in [0.4, 0.5) is 5.69 Å². The van der Waals surface area contributed by atoms with Crippen LogP contribution in [0.25, 0.3) is 0 Å². The molecular formula is C23H24N4O3. The van der Waals surface area contributed by atoms with E-state index in [0.717, 1.165) is 22.4 Å². The largest absolute Gasteiger partial charge is 0.489 e. The van der Waals surface area contributed by atoms with Crippen molar-refractivity contribution in [1.29, 1.82) is 0 Å². The number of pyridine rings is 1. The van der Waals surface area contributed by atoms with Crippen LogP contribution >= 0.6 is 0 Å². The molecule has 0 aliphatic rings. The molecular weight excluding hydrogens is 380 g/mol. The van der Waals surface area contributed by atoms with Crippen LogP contribution < -0.4 is 15.8 Å². The fraction of sp³-hybridized carbons (Fsp3) is 0.174. The summed E-state index contributed by atoms with van der Waals surface area (Å²) in [6, 6.07) is 16.8. The highest BCUT2D eigenvalue weighted by atomic mass is 16.6. The number of amides is 1. The van der Waals surface area contributed by atoms with E-state index in [1.165, 1.54) is 0 Å². The number of aryl methyl sites for hydroxylation is 2. The summed E-state index contributed by atoms with van der Waals surface area (Å²) in [5.74, 6) is 0.484. The van der Waals surface area contributed by atoms with E-state index in [9.17, 15) is 4.79 Å². The SMILES string of the molecule is Cc1ccc(C)c(NC(=O)CO/N=C(\N)c2cccc(OCc3cccnc3)c2)c1. The summed E-state index contributed by atoms with van der Waals surface area (Å²) in [5.41, 5.74) is 10.4. The van der Waals surface area contributed by atoms with Gasteiger partial charge >= 0.3 is 0 Å². The molecule has 0 saturated heterocycles. The van der Waals surface area contributed by atoms with Crippen LogP contribution in [0.5, 0.6) is 5.75 Å². The zero-order valence-corrected chi connectivity index (χ0v) is 17.0. The highest BCUT2D eigenvalue weighted by Gasteiger charge is 2.07. The minimum Gasteiger partial charge on any atom is -0.489 e. The number of oxime groups is 1. The molecule has 0 bridgehead atoms. The Bertz CT molecular complexity index is 1040. The molecule has 3 rings (SSSR count). The second-order valence-electron chi connectivity index (χ2n) is 6.79. The first kappa shape index (κ1) is 20.9. The van der Waals surface area contributed by atoms with E-state index in [4.69, 9.17) is 15.3 Å². The first-order valence-corrected chi connectivity index (χ1v) is 9.46. The van der Waals surface area contributed by atoms with Gasteiger partial charge in [0.25, 0.3) is 5.91 Å². The number of nitrogens with one attached hydrogen (secondary N) is 1. The van der Waals surface area contributed by atoms with E-state index >= 15 is 0 Å². The van der Waals surface area contributed by atoms with Gasteiger partial charge < -0.3 is 20.6 Å². The number of hydrogen-bond donors (Lipinski definition) is 2. The molecule has 0 saturated carbocycles. The summed E-state index contributed by atoms with van der Waals surface area (Å²) in [4.78, 5) is 21.3. The van der Waals surface area contributed by atoms with Crippen molar-refractivity contribution in [1.82, 2.24) is 4.98 Å². The number of carbonyl (C=O) groups excluding carboxylic acids is 1. The maximum Gasteiger partial charge on any atom is 0.265 e. The summed E-state index contributed by atoms with van der Waals surface area (Å²) in [6.45, 7) is 4.04. The monoisotopic (exact) mass is 404 g/mol. The number of carbonyl (C=O) groups is 1. The predicted octanol–water partition coefficient (Wildman–Crippen LogP) is 3.55. The molecule has 0 spiro atoms. The molecule has 154 valence electrons. The van der Waals surface area contributed by atoms with Gasteiger partial charge in [-0.05, 0) is 49.2 Å². The van der Waals surface area contributed by atoms with Crippen molar-refractivity contribution in [2.45, 2.75) is 20.5 Å². The molecule has 2 aromatic carbocycles. The number of nitrogens with zero attached hydrogens (tertiary/aromatic N) is 2. The lowest BCUT2D eigenvalue weighted by Gasteiger charge is -2.09. The van der Waals surface area contributed by atoms with Gasteiger partial charge in [0.2, 0.25) is 0 Å². The predicted molar refractivity (Wildman–Crippen MR) is 116 cm³/mol. The maximum atomic E-state index is 12.1. The van der Waals surface area contributed by atoms with Gasteiger partial charge in [0.1, 0.15) is 12.4 Å². The molecule has 0 atom stereocenters. The molecule has 1 amide bonds. The van der Waals surface area contributed by atoms with Crippen molar-refractivity contribution < 1.29 is 14.4 Å². The van der Waals surface area contributed by atoms with E-state index in [1.807, 2.05) is 56.3 Å². The molecule has 1 aromatic heterocycles. The Balaban J connectivity index is 1.53. The van der Waals surface area contributed by atoms with Crippen molar-refractivity contribution >= 4 is 17.4 Å². The van der Waals surface area contributed by atoms with Crippen LogP contribution in [-0.2, 0) is 16.2 Å². The number of benzene rings is 2. The third-order valence-corrected chi connectivity index (χ3v) is 4.28. The second kappa shape index (κ2) is 10.1.